The van der Waals surface area contributed by atoms with Crippen LogP contribution in [0.2, 0.25) is 0 Å². The van der Waals surface area contributed by atoms with Gasteiger partial charge in [0.15, 0.2) is 11.5 Å². The summed E-state index contributed by atoms with van der Waals surface area (Å²) in [6.45, 7) is 4.69. The second-order valence-electron chi connectivity index (χ2n) is 9.46. The van der Waals surface area contributed by atoms with E-state index in [0.717, 1.165) is 48.3 Å². The molecular weight excluding hydrogens is 428 g/mol. The van der Waals surface area contributed by atoms with Crippen molar-refractivity contribution in [2.45, 2.75) is 83.8 Å². The van der Waals surface area contributed by atoms with E-state index in [1.54, 1.807) is 4.90 Å². The molecule has 1 saturated carbocycles. The van der Waals surface area contributed by atoms with Crippen LogP contribution in [0.15, 0.2) is 42.5 Å². The van der Waals surface area contributed by atoms with Crippen LogP contribution in [-0.4, -0.2) is 35.6 Å². The molecule has 2 amide bonds. The van der Waals surface area contributed by atoms with Crippen LogP contribution in [0.25, 0.3) is 0 Å². The highest BCUT2D eigenvalue weighted by molar-refractivity contribution is 5.88. The number of carbonyl (C=O) groups is 2. The number of fused-ring (bicyclic) bond motifs is 1. The molecular formula is C28H36N2O4. The van der Waals surface area contributed by atoms with Gasteiger partial charge in [-0.1, -0.05) is 62.1 Å². The number of nitrogens with one attached hydrogen (secondary N) is 1. The van der Waals surface area contributed by atoms with E-state index in [-0.39, 0.29) is 24.6 Å². The topological polar surface area (TPSA) is 67.9 Å². The second-order valence-corrected chi connectivity index (χ2v) is 9.46. The van der Waals surface area contributed by atoms with Crippen LogP contribution < -0.4 is 14.8 Å². The third-order valence-corrected chi connectivity index (χ3v) is 6.88. The molecule has 4 rings (SSSR count). The molecule has 0 radical (unpaired) electrons. The summed E-state index contributed by atoms with van der Waals surface area (Å²) in [5, 5.41) is 3.24. The van der Waals surface area contributed by atoms with Crippen molar-refractivity contribution in [2.24, 2.45) is 0 Å². The van der Waals surface area contributed by atoms with E-state index in [4.69, 9.17) is 9.47 Å². The van der Waals surface area contributed by atoms with Gasteiger partial charge in [0.25, 0.3) is 0 Å². The van der Waals surface area contributed by atoms with Crippen LogP contribution in [-0.2, 0) is 22.6 Å². The highest BCUT2D eigenvalue weighted by Crippen LogP contribution is 2.33. The molecule has 1 aliphatic heterocycles. The zero-order valence-electron chi connectivity index (χ0n) is 20.3. The molecule has 0 saturated heterocycles. The van der Waals surface area contributed by atoms with Gasteiger partial charge >= 0.3 is 0 Å². The average Bonchev–Trinajstić information content (AvgIpc) is 3.32. The van der Waals surface area contributed by atoms with Crippen LogP contribution in [0.3, 0.4) is 0 Å². The van der Waals surface area contributed by atoms with E-state index in [1.165, 1.54) is 12.0 Å². The van der Waals surface area contributed by atoms with Crippen molar-refractivity contribution in [3.63, 3.8) is 0 Å². The number of hydrogen-bond donors (Lipinski definition) is 1. The number of ether oxygens (including phenoxy) is 2. The molecule has 34 heavy (non-hydrogen) atoms. The van der Waals surface area contributed by atoms with Crippen molar-refractivity contribution in [3.8, 4) is 11.5 Å². The Kier molecular flexibility index (Phi) is 8.09. The van der Waals surface area contributed by atoms with Crippen molar-refractivity contribution in [3.05, 3.63) is 59.2 Å². The maximum Gasteiger partial charge on any atom is 0.243 e. The standard InChI is InChI=1S/C28H36N2O4/c1-3-24(28(32)29-23-7-5-4-6-8-23)30(18-22-11-9-20(2)10-12-22)27(31)16-14-21-13-15-25-26(17-21)34-19-33-25/h9-13,15,17,23-24H,3-8,14,16,18-19H2,1-2H3,(H,29,32)/t24-/m0/s1. The van der Waals surface area contributed by atoms with Crippen LogP contribution in [0, 0.1) is 6.92 Å². The fraction of sp³-hybridized carbons (Fsp3) is 0.500. The SMILES string of the molecule is CC[C@@H](C(=O)NC1CCCCC1)N(Cc1ccc(C)cc1)C(=O)CCc1ccc2c(c1)OCO2. The third-order valence-electron chi connectivity index (χ3n) is 6.88. The van der Waals surface area contributed by atoms with Gasteiger partial charge in [-0.15, -0.1) is 0 Å². The van der Waals surface area contributed by atoms with E-state index in [9.17, 15) is 9.59 Å². The first kappa shape index (κ1) is 24.1. The Morgan fingerprint density at radius 3 is 2.44 bits per heavy atom. The Balaban J connectivity index is 1.47. The van der Waals surface area contributed by atoms with Crippen molar-refractivity contribution in [1.82, 2.24) is 10.2 Å². The van der Waals surface area contributed by atoms with Gasteiger partial charge in [-0.05, 0) is 55.9 Å². The van der Waals surface area contributed by atoms with E-state index in [0.29, 0.717) is 25.8 Å². The summed E-state index contributed by atoms with van der Waals surface area (Å²) in [7, 11) is 0. The largest absolute Gasteiger partial charge is 0.454 e. The van der Waals surface area contributed by atoms with Gasteiger partial charge in [0.05, 0.1) is 0 Å². The zero-order chi connectivity index (χ0) is 23.9. The molecule has 2 aromatic rings. The van der Waals surface area contributed by atoms with Crippen molar-refractivity contribution < 1.29 is 19.1 Å². The molecule has 1 N–H and O–H groups in total. The van der Waals surface area contributed by atoms with Gasteiger partial charge in [0.2, 0.25) is 18.6 Å². The Morgan fingerprint density at radius 2 is 1.71 bits per heavy atom. The molecule has 0 aromatic heterocycles. The number of hydrogen-bond acceptors (Lipinski definition) is 4. The van der Waals surface area contributed by atoms with Crippen molar-refractivity contribution >= 4 is 11.8 Å². The molecule has 0 spiro atoms. The lowest BCUT2D eigenvalue weighted by Crippen LogP contribution is -2.51. The normalized spacial score (nSPS) is 16.2. The summed E-state index contributed by atoms with van der Waals surface area (Å²) < 4.78 is 10.9. The highest BCUT2D eigenvalue weighted by atomic mass is 16.7. The number of rotatable bonds is 9. The number of aryl methyl sites for hydroxylation is 2. The zero-order valence-corrected chi connectivity index (χ0v) is 20.3. The minimum atomic E-state index is -0.479. The molecule has 2 aromatic carbocycles. The van der Waals surface area contributed by atoms with Gasteiger partial charge in [-0.3, -0.25) is 9.59 Å². The lowest BCUT2D eigenvalue weighted by Gasteiger charge is -2.33. The molecule has 1 heterocycles. The predicted molar refractivity (Wildman–Crippen MR) is 132 cm³/mol. The summed E-state index contributed by atoms with van der Waals surface area (Å²) in [4.78, 5) is 28.6. The van der Waals surface area contributed by atoms with E-state index >= 15 is 0 Å². The van der Waals surface area contributed by atoms with E-state index in [1.807, 2.05) is 56.3 Å². The number of benzene rings is 2. The number of nitrogens with zero attached hydrogens (tertiary/aromatic N) is 1. The maximum atomic E-state index is 13.5. The first-order valence-electron chi connectivity index (χ1n) is 12.6. The molecule has 6 heteroatoms. The Bertz CT molecular complexity index is 982. The van der Waals surface area contributed by atoms with Crippen molar-refractivity contribution in [1.29, 1.82) is 0 Å². The van der Waals surface area contributed by atoms with Gasteiger partial charge in [-0.25, -0.2) is 0 Å². The Labute approximate surface area is 202 Å². The fourth-order valence-corrected chi connectivity index (χ4v) is 4.85. The summed E-state index contributed by atoms with van der Waals surface area (Å²) >= 11 is 0. The predicted octanol–water partition coefficient (Wildman–Crippen LogP) is 4.91. The first-order chi connectivity index (χ1) is 16.5. The molecule has 0 bridgehead atoms. The lowest BCUT2D eigenvalue weighted by molar-refractivity contribution is -0.141. The van der Waals surface area contributed by atoms with Gasteiger partial charge < -0.3 is 19.7 Å². The quantitative estimate of drug-likeness (QED) is 0.572. The second kappa shape index (κ2) is 11.4. The van der Waals surface area contributed by atoms with Crippen LogP contribution >= 0.6 is 0 Å². The minimum absolute atomic E-state index is 0.0103. The smallest absolute Gasteiger partial charge is 0.243 e. The summed E-state index contributed by atoms with van der Waals surface area (Å²) in [5.74, 6) is 1.42. The summed E-state index contributed by atoms with van der Waals surface area (Å²) in [6.07, 6.45) is 7.10. The molecule has 0 unspecified atom stereocenters. The maximum absolute atomic E-state index is 13.5. The van der Waals surface area contributed by atoms with Crippen molar-refractivity contribution in [2.75, 3.05) is 6.79 Å². The molecule has 1 atom stereocenters. The summed E-state index contributed by atoms with van der Waals surface area (Å²) in [6, 6.07) is 13.7. The highest BCUT2D eigenvalue weighted by Gasteiger charge is 2.30. The Morgan fingerprint density at radius 1 is 1.00 bits per heavy atom. The van der Waals surface area contributed by atoms with E-state index < -0.39 is 6.04 Å². The van der Waals surface area contributed by atoms with Crippen LogP contribution in [0.4, 0.5) is 0 Å². The average molecular weight is 465 g/mol. The molecule has 2 aliphatic rings. The minimum Gasteiger partial charge on any atom is -0.454 e. The number of amides is 2. The van der Waals surface area contributed by atoms with Gasteiger partial charge in [0.1, 0.15) is 6.04 Å². The third kappa shape index (κ3) is 6.10. The van der Waals surface area contributed by atoms with E-state index in [2.05, 4.69) is 5.32 Å². The fourth-order valence-electron chi connectivity index (χ4n) is 4.85. The molecule has 6 nitrogen and oxygen atoms in total. The Hall–Kier alpha value is -3.02. The molecule has 182 valence electrons. The van der Waals surface area contributed by atoms with Gasteiger partial charge in [0, 0.05) is 19.0 Å². The van der Waals surface area contributed by atoms with Gasteiger partial charge in [-0.2, -0.15) is 0 Å². The number of carbonyl (C=O) groups excluding carboxylic acids is 2. The molecule has 1 aliphatic carbocycles. The van der Waals surface area contributed by atoms with Crippen LogP contribution in [0.5, 0.6) is 11.5 Å². The molecule has 1 fully saturated rings. The van der Waals surface area contributed by atoms with Crippen LogP contribution in [0.1, 0.15) is 68.6 Å². The lowest BCUT2D eigenvalue weighted by atomic mass is 9.95. The first-order valence-corrected chi connectivity index (χ1v) is 12.6. The monoisotopic (exact) mass is 464 g/mol. The summed E-state index contributed by atoms with van der Waals surface area (Å²) in [5.41, 5.74) is 3.23.